The summed E-state index contributed by atoms with van der Waals surface area (Å²) in [6, 6.07) is 0. The van der Waals surface area contributed by atoms with Gasteiger partial charge in [-0.3, -0.25) is 0 Å². The van der Waals surface area contributed by atoms with Crippen molar-refractivity contribution in [2.75, 3.05) is 20.3 Å². The number of hydrogen-bond donors (Lipinski definition) is 2. The van der Waals surface area contributed by atoms with E-state index in [1.807, 2.05) is 7.05 Å². The lowest BCUT2D eigenvalue weighted by Crippen LogP contribution is -2.15. The lowest BCUT2D eigenvalue weighted by Gasteiger charge is -2.20. The molecule has 0 spiro atoms. The van der Waals surface area contributed by atoms with E-state index >= 15 is 0 Å². The molecular weight excluding hydrogens is 214 g/mol. The first-order valence-electron chi connectivity index (χ1n) is 5.28. The highest BCUT2D eigenvalue weighted by Crippen LogP contribution is 2.30. The molecule has 0 atom stereocenters. The molecular formula is C10H16ClN3O. The maximum Gasteiger partial charge on any atom is 0.150 e. The number of aromatic nitrogens is 2. The molecule has 0 unspecified atom stereocenters. The largest absolute Gasteiger partial charge is 0.381 e. The number of rotatable bonds is 3. The zero-order chi connectivity index (χ0) is 10.7. The number of imidazole rings is 1. The fourth-order valence-electron chi connectivity index (χ4n) is 1.92. The standard InChI is InChI=1S/C10H16ClN3O/c1-12-6-8-13-9(10(11)14-8)7-2-4-15-5-3-7/h7,12H,2-6H2,1H3,(H,13,14). The normalized spacial score (nSPS) is 18.3. The Morgan fingerprint density at radius 2 is 2.27 bits per heavy atom. The van der Waals surface area contributed by atoms with Crippen LogP contribution in [-0.2, 0) is 11.3 Å². The van der Waals surface area contributed by atoms with E-state index in [1.54, 1.807) is 0 Å². The maximum atomic E-state index is 6.10. The fourth-order valence-corrected chi connectivity index (χ4v) is 2.23. The van der Waals surface area contributed by atoms with Gasteiger partial charge in [0.2, 0.25) is 0 Å². The summed E-state index contributed by atoms with van der Waals surface area (Å²) < 4.78 is 5.33. The van der Waals surface area contributed by atoms with Gasteiger partial charge in [0.05, 0.1) is 12.2 Å². The molecule has 1 aromatic heterocycles. The van der Waals surface area contributed by atoms with Crippen molar-refractivity contribution in [1.82, 2.24) is 15.3 Å². The molecule has 2 heterocycles. The van der Waals surface area contributed by atoms with Crippen molar-refractivity contribution in [3.63, 3.8) is 0 Å². The van der Waals surface area contributed by atoms with Crippen molar-refractivity contribution >= 4 is 11.6 Å². The molecule has 1 aliphatic rings. The molecule has 2 N–H and O–H groups in total. The average Bonchev–Trinajstić information content (AvgIpc) is 2.61. The first-order valence-corrected chi connectivity index (χ1v) is 5.65. The Kier molecular flexibility index (Phi) is 3.61. The summed E-state index contributed by atoms with van der Waals surface area (Å²) in [5.74, 6) is 1.38. The topological polar surface area (TPSA) is 49.9 Å². The van der Waals surface area contributed by atoms with Crippen LogP contribution in [0.25, 0.3) is 0 Å². The van der Waals surface area contributed by atoms with Crippen LogP contribution in [0.5, 0.6) is 0 Å². The quantitative estimate of drug-likeness (QED) is 0.829. The zero-order valence-electron chi connectivity index (χ0n) is 8.85. The number of nitrogens with one attached hydrogen (secondary N) is 2. The number of halogens is 1. The molecule has 0 amide bonds. The van der Waals surface area contributed by atoms with Crippen molar-refractivity contribution in [3.8, 4) is 0 Å². The number of hydrogen-bond acceptors (Lipinski definition) is 3. The van der Waals surface area contributed by atoms with Crippen molar-refractivity contribution in [2.45, 2.75) is 25.3 Å². The van der Waals surface area contributed by atoms with Crippen LogP contribution in [0.4, 0.5) is 0 Å². The van der Waals surface area contributed by atoms with E-state index in [4.69, 9.17) is 16.3 Å². The predicted octanol–water partition coefficient (Wildman–Crippen LogP) is 1.68. The predicted molar refractivity (Wildman–Crippen MR) is 59.2 cm³/mol. The van der Waals surface area contributed by atoms with E-state index in [-0.39, 0.29) is 0 Å². The lowest BCUT2D eigenvalue weighted by molar-refractivity contribution is 0.0846. The number of ether oxygens (including phenoxy) is 1. The summed E-state index contributed by atoms with van der Waals surface area (Å²) in [5.41, 5.74) is 1.07. The third-order valence-electron chi connectivity index (χ3n) is 2.71. The van der Waals surface area contributed by atoms with Crippen LogP contribution in [0.3, 0.4) is 0 Å². The van der Waals surface area contributed by atoms with Gasteiger partial charge in [0.25, 0.3) is 0 Å². The molecule has 0 radical (unpaired) electrons. The molecule has 1 aromatic rings. The first kappa shape index (κ1) is 10.9. The van der Waals surface area contributed by atoms with E-state index in [0.29, 0.717) is 11.1 Å². The second-order valence-corrected chi connectivity index (χ2v) is 4.16. The molecule has 84 valence electrons. The Hall–Kier alpha value is -0.580. The minimum Gasteiger partial charge on any atom is -0.381 e. The second kappa shape index (κ2) is 4.96. The van der Waals surface area contributed by atoms with Crippen LogP contribution >= 0.6 is 11.6 Å². The van der Waals surface area contributed by atoms with Crippen LogP contribution in [0.1, 0.15) is 30.3 Å². The summed E-state index contributed by atoms with van der Waals surface area (Å²) in [7, 11) is 1.89. The number of H-pyrrole nitrogens is 1. The summed E-state index contributed by atoms with van der Waals surface area (Å²) in [4.78, 5) is 7.57. The van der Waals surface area contributed by atoms with Gasteiger partial charge in [0.1, 0.15) is 5.82 Å². The molecule has 15 heavy (non-hydrogen) atoms. The monoisotopic (exact) mass is 229 g/mol. The van der Waals surface area contributed by atoms with Crippen LogP contribution in [0, 0.1) is 0 Å². The van der Waals surface area contributed by atoms with Crippen LogP contribution < -0.4 is 5.32 Å². The van der Waals surface area contributed by atoms with E-state index < -0.39 is 0 Å². The SMILES string of the molecule is CNCc1nc(Cl)c(C2CCOCC2)[nH]1. The number of nitrogens with zero attached hydrogens (tertiary/aromatic N) is 1. The van der Waals surface area contributed by atoms with Crippen LogP contribution in [-0.4, -0.2) is 30.2 Å². The maximum absolute atomic E-state index is 6.10. The van der Waals surface area contributed by atoms with Crippen LogP contribution in [0.2, 0.25) is 5.15 Å². The molecule has 1 saturated heterocycles. The molecule has 0 aliphatic carbocycles. The van der Waals surface area contributed by atoms with Gasteiger partial charge in [-0.25, -0.2) is 4.98 Å². The molecule has 1 aliphatic heterocycles. The highest BCUT2D eigenvalue weighted by atomic mass is 35.5. The van der Waals surface area contributed by atoms with Gasteiger partial charge in [-0.15, -0.1) is 0 Å². The molecule has 5 heteroatoms. The summed E-state index contributed by atoms with van der Waals surface area (Å²) in [6.45, 7) is 2.37. The van der Waals surface area contributed by atoms with Gasteiger partial charge >= 0.3 is 0 Å². The van der Waals surface area contributed by atoms with Crippen molar-refractivity contribution in [2.24, 2.45) is 0 Å². The Morgan fingerprint density at radius 3 is 2.93 bits per heavy atom. The van der Waals surface area contributed by atoms with Gasteiger partial charge in [-0.2, -0.15) is 0 Å². The van der Waals surface area contributed by atoms with Crippen molar-refractivity contribution in [3.05, 3.63) is 16.7 Å². The molecule has 1 fully saturated rings. The summed E-state index contributed by atoms with van der Waals surface area (Å²) in [5, 5.41) is 3.67. The van der Waals surface area contributed by atoms with Crippen LogP contribution in [0.15, 0.2) is 0 Å². The molecule has 4 nitrogen and oxygen atoms in total. The zero-order valence-corrected chi connectivity index (χ0v) is 9.60. The Bertz CT molecular complexity index is 320. The number of aromatic amines is 1. The van der Waals surface area contributed by atoms with Crippen molar-refractivity contribution < 1.29 is 4.74 Å². The minimum atomic E-state index is 0.476. The third kappa shape index (κ3) is 2.51. The fraction of sp³-hybridized carbons (Fsp3) is 0.700. The molecule has 0 bridgehead atoms. The molecule has 2 rings (SSSR count). The van der Waals surface area contributed by atoms with Crippen molar-refractivity contribution in [1.29, 1.82) is 0 Å². The summed E-state index contributed by atoms with van der Waals surface area (Å²) >= 11 is 6.10. The van der Waals surface area contributed by atoms with E-state index in [1.165, 1.54) is 0 Å². The molecule has 0 saturated carbocycles. The van der Waals surface area contributed by atoms with Gasteiger partial charge in [-0.1, -0.05) is 11.6 Å². The van der Waals surface area contributed by atoms with Gasteiger partial charge in [-0.05, 0) is 19.9 Å². The Morgan fingerprint density at radius 1 is 1.53 bits per heavy atom. The van der Waals surface area contributed by atoms with E-state index in [0.717, 1.165) is 44.1 Å². The third-order valence-corrected chi connectivity index (χ3v) is 3.00. The highest BCUT2D eigenvalue weighted by Gasteiger charge is 2.21. The Balaban J connectivity index is 2.11. The molecule has 0 aromatic carbocycles. The first-order chi connectivity index (χ1) is 7.31. The lowest BCUT2D eigenvalue weighted by atomic mass is 9.97. The highest BCUT2D eigenvalue weighted by molar-refractivity contribution is 6.30. The van der Waals surface area contributed by atoms with E-state index in [2.05, 4.69) is 15.3 Å². The van der Waals surface area contributed by atoms with Gasteiger partial charge in [0.15, 0.2) is 5.15 Å². The van der Waals surface area contributed by atoms with Gasteiger partial charge in [0, 0.05) is 19.1 Å². The smallest absolute Gasteiger partial charge is 0.150 e. The van der Waals surface area contributed by atoms with Gasteiger partial charge < -0.3 is 15.0 Å². The second-order valence-electron chi connectivity index (χ2n) is 3.80. The minimum absolute atomic E-state index is 0.476. The van der Waals surface area contributed by atoms with E-state index in [9.17, 15) is 0 Å². The average molecular weight is 230 g/mol. The Labute approximate surface area is 94.4 Å². The summed E-state index contributed by atoms with van der Waals surface area (Å²) in [6.07, 6.45) is 2.06.